The number of nitrogens with zero attached hydrogens (tertiary/aromatic N) is 2. The Morgan fingerprint density at radius 1 is 1.11 bits per heavy atom. The van der Waals surface area contributed by atoms with Crippen molar-refractivity contribution in [3.8, 4) is 5.75 Å². The number of benzene rings is 2. The first-order valence-corrected chi connectivity index (χ1v) is 13.6. The van der Waals surface area contributed by atoms with Crippen LogP contribution in [-0.4, -0.2) is 57.1 Å². The topological polar surface area (TPSA) is 96.0 Å². The van der Waals surface area contributed by atoms with E-state index < -0.39 is 28.5 Å². The number of methoxy groups -OCH3 is 1. The van der Waals surface area contributed by atoms with E-state index in [1.807, 2.05) is 13.8 Å². The van der Waals surface area contributed by atoms with E-state index in [-0.39, 0.29) is 24.2 Å². The minimum Gasteiger partial charge on any atom is -0.497 e. The first-order valence-electron chi connectivity index (χ1n) is 11.0. The summed E-state index contributed by atoms with van der Waals surface area (Å²) in [7, 11) is -2.38. The highest BCUT2D eigenvalue weighted by molar-refractivity contribution is 7.92. The first-order chi connectivity index (χ1) is 16.4. The van der Waals surface area contributed by atoms with Gasteiger partial charge < -0.3 is 15.0 Å². The summed E-state index contributed by atoms with van der Waals surface area (Å²) in [5, 5.41) is 3.60. The molecule has 0 aliphatic heterocycles. The summed E-state index contributed by atoms with van der Waals surface area (Å²) in [6.45, 7) is 4.91. The zero-order valence-electron chi connectivity index (χ0n) is 20.4. The molecular formula is C24H31Cl2N3O5S. The van der Waals surface area contributed by atoms with E-state index in [1.54, 1.807) is 43.3 Å². The SMILES string of the molecule is CC[C@H](C(=O)NC(C)C)N(Cc1ccc(Cl)cc1Cl)C(=O)CN(c1cccc(OC)c1)S(C)(=O)=O. The lowest BCUT2D eigenvalue weighted by Gasteiger charge is -2.33. The zero-order chi connectivity index (χ0) is 26.3. The molecule has 35 heavy (non-hydrogen) atoms. The molecule has 0 saturated heterocycles. The van der Waals surface area contributed by atoms with Crippen molar-refractivity contribution < 1.29 is 22.7 Å². The average Bonchev–Trinajstić information content (AvgIpc) is 2.77. The van der Waals surface area contributed by atoms with Gasteiger partial charge in [-0.05, 0) is 50.1 Å². The molecule has 0 aromatic heterocycles. The van der Waals surface area contributed by atoms with E-state index in [1.165, 1.54) is 18.1 Å². The smallest absolute Gasteiger partial charge is 0.244 e. The minimum absolute atomic E-state index is 0.00539. The van der Waals surface area contributed by atoms with E-state index in [0.29, 0.717) is 27.8 Å². The van der Waals surface area contributed by atoms with Gasteiger partial charge in [0.2, 0.25) is 21.8 Å². The number of amides is 2. The van der Waals surface area contributed by atoms with Gasteiger partial charge in [-0.2, -0.15) is 0 Å². The number of hydrogen-bond donors (Lipinski definition) is 1. The first kappa shape index (κ1) is 28.7. The highest BCUT2D eigenvalue weighted by Gasteiger charge is 2.32. The molecule has 0 radical (unpaired) electrons. The highest BCUT2D eigenvalue weighted by Crippen LogP contribution is 2.26. The summed E-state index contributed by atoms with van der Waals surface area (Å²) in [6.07, 6.45) is 1.33. The molecule has 2 aromatic carbocycles. The lowest BCUT2D eigenvalue weighted by Crippen LogP contribution is -2.53. The summed E-state index contributed by atoms with van der Waals surface area (Å²) >= 11 is 12.4. The predicted octanol–water partition coefficient (Wildman–Crippen LogP) is 4.10. The van der Waals surface area contributed by atoms with E-state index in [0.717, 1.165) is 10.6 Å². The van der Waals surface area contributed by atoms with Crippen molar-refractivity contribution in [2.45, 2.75) is 45.8 Å². The largest absolute Gasteiger partial charge is 0.497 e. The van der Waals surface area contributed by atoms with Gasteiger partial charge in [-0.3, -0.25) is 13.9 Å². The Kier molecular flexibility index (Phi) is 10.2. The maximum Gasteiger partial charge on any atom is 0.244 e. The Labute approximate surface area is 217 Å². The Bertz CT molecular complexity index is 1160. The van der Waals surface area contributed by atoms with Crippen LogP contribution in [-0.2, 0) is 26.2 Å². The highest BCUT2D eigenvalue weighted by atomic mass is 35.5. The van der Waals surface area contributed by atoms with Gasteiger partial charge in [-0.15, -0.1) is 0 Å². The number of anilines is 1. The number of hydrogen-bond acceptors (Lipinski definition) is 5. The third kappa shape index (κ3) is 8.02. The minimum atomic E-state index is -3.84. The molecule has 0 aliphatic rings. The van der Waals surface area contributed by atoms with Crippen molar-refractivity contribution in [1.29, 1.82) is 0 Å². The van der Waals surface area contributed by atoms with Gasteiger partial charge in [0.1, 0.15) is 18.3 Å². The number of halogens is 2. The summed E-state index contributed by atoms with van der Waals surface area (Å²) in [6, 6.07) is 10.3. The lowest BCUT2D eigenvalue weighted by molar-refractivity contribution is -0.140. The molecule has 0 heterocycles. The summed E-state index contributed by atoms with van der Waals surface area (Å²) in [4.78, 5) is 28.0. The van der Waals surface area contributed by atoms with Crippen molar-refractivity contribution in [2.75, 3.05) is 24.2 Å². The van der Waals surface area contributed by atoms with E-state index in [4.69, 9.17) is 27.9 Å². The maximum atomic E-state index is 13.6. The number of rotatable bonds is 11. The third-order valence-electron chi connectivity index (χ3n) is 5.19. The van der Waals surface area contributed by atoms with Gasteiger partial charge in [-0.25, -0.2) is 8.42 Å². The second-order valence-corrected chi connectivity index (χ2v) is 11.1. The molecule has 0 spiro atoms. The van der Waals surface area contributed by atoms with E-state index in [2.05, 4.69) is 5.32 Å². The van der Waals surface area contributed by atoms with Crippen LogP contribution in [0.3, 0.4) is 0 Å². The Morgan fingerprint density at radius 3 is 2.34 bits per heavy atom. The summed E-state index contributed by atoms with van der Waals surface area (Å²) in [5.74, 6) is -0.459. The van der Waals surface area contributed by atoms with Crippen LogP contribution in [0.25, 0.3) is 0 Å². The molecule has 0 saturated carbocycles. The van der Waals surface area contributed by atoms with Crippen LogP contribution in [0.15, 0.2) is 42.5 Å². The molecule has 0 unspecified atom stereocenters. The molecule has 8 nitrogen and oxygen atoms in total. The number of sulfonamides is 1. The van der Waals surface area contributed by atoms with Crippen molar-refractivity contribution in [3.63, 3.8) is 0 Å². The molecule has 1 N–H and O–H groups in total. The van der Waals surface area contributed by atoms with Gasteiger partial charge in [0.05, 0.1) is 19.1 Å². The Hall–Kier alpha value is -2.49. The molecule has 0 bridgehead atoms. The third-order valence-corrected chi connectivity index (χ3v) is 6.92. The molecule has 2 aromatic rings. The monoisotopic (exact) mass is 543 g/mol. The van der Waals surface area contributed by atoms with Crippen molar-refractivity contribution >= 4 is 50.7 Å². The van der Waals surface area contributed by atoms with Gasteiger partial charge in [-0.1, -0.05) is 42.3 Å². The van der Waals surface area contributed by atoms with Crippen LogP contribution in [0, 0.1) is 0 Å². The second-order valence-electron chi connectivity index (χ2n) is 8.32. The van der Waals surface area contributed by atoms with Crippen LogP contribution >= 0.6 is 23.2 Å². The predicted molar refractivity (Wildman–Crippen MR) is 140 cm³/mol. The lowest BCUT2D eigenvalue weighted by atomic mass is 10.1. The van der Waals surface area contributed by atoms with Gasteiger partial charge >= 0.3 is 0 Å². The van der Waals surface area contributed by atoms with Crippen LogP contribution in [0.5, 0.6) is 5.75 Å². The van der Waals surface area contributed by atoms with Gasteiger partial charge in [0, 0.05) is 28.7 Å². The standard InChI is InChI=1S/C24H31Cl2N3O5S/c1-6-22(24(31)27-16(2)3)28(14-17-10-11-18(25)12-21(17)26)23(30)15-29(35(5,32)33)19-8-7-9-20(13-19)34-4/h7-13,16,22H,6,14-15H2,1-5H3,(H,27,31)/t22-/m1/s1. The van der Waals surface area contributed by atoms with E-state index >= 15 is 0 Å². The molecule has 0 fully saturated rings. The van der Waals surface area contributed by atoms with Gasteiger partial charge in [0.25, 0.3) is 0 Å². The molecule has 2 rings (SSSR count). The summed E-state index contributed by atoms with van der Waals surface area (Å²) < 4.78 is 31.5. The fourth-order valence-electron chi connectivity index (χ4n) is 3.51. The maximum absolute atomic E-state index is 13.6. The van der Waals surface area contributed by atoms with E-state index in [9.17, 15) is 18.0 Å². The molecule has 2 amide bonds. The molecule has 11 heteroatoms. The van der Waals surface area contributed by atoms with Crippen molar-refractivity contribution in [2.24, 2.45) is 0 Å². The van der Waals surface area contributed by atoms with Gasteiger partial charge in [0.15, 0.2) is 0 Å². The number of carbonyl (C=O) groups excluding carboxylic acids is 2. The number of nitrogens with one attached hydrogen (secondary N) is 1. The Morgan fingerprint density at radius 2 is 1.80 bits per heavy atom. The van der Waals surface area contributed by atoms with Crippen LogP contribution < -0.4 is 14.4 Å². The normalized spacial score (nSPS) is 12.2. The van der Waals surface area contributed by atoms with Crippen molar-refractivity contribution in [1.82, 2.24) is 10.2 Å². The number of carbonyl (C=O) groups is 2. The van der Waals surface area contributed by atoms with Crippen molar-refractivity contribution in [3.05, 3.63) is 58.1 Å². The number of ether oxygens (including phenoxy) is 1. The fourth-order valence-corrected chi connectivity index (χ4v) is 4.82. The quantitative estimate of drug-likeness (QED) is 0.460. The molecular weight excluding hydrogens is 513 g/mol. The average molecular weight is 545 g/mol. The molecule has 0 aliphatic carbocycles. The molecule has 1 atom stereocenters. The zero-order valence-corrected chi connectivity index (χ0v) is 22.7. The fraction of sp³-hybridized carbons (Fsp3) is 0.417. The molecule has 192 valence electrons. The van der Waals surface area contributed by atoms with Crippen LogP contribution in [0.4, 0.5) is 5.69 Å². The second kappa shape index (κ2) is 12.5. The Balaban J connectivity index is 2.49. The van der Waals surface area contributed by atoms with Crippen LogP contribution in [0.1, 0.15) is 32.8 Å². The van der Waals surface area contributed by atoms with Crippen LogP contribution in [0.2, 0.25) is 10.0 Å². The summed E-state index contributed by atoms with van der Waals surface area (Å²) in [5.41, 5.74) is 0.844.